The molecule has 0 aliphatic heterocycles. The van der Waals surface area contributed by atoms with Gasteiger partial charge in [-0.05, 0) is 31.4 Å². The van der Waals surface area contributed by atoms with Gasteiger partial charge in [0.2, 0.25) is 0 Å². The predicted octanol–water partition coefficient (Wildman–Crippen LogP) is 5.42. The van der Waals surface area contributed by atoms with Crippen LogP contribution in [-0.4, -0.2) is 17.6 Å². The lowest BCUT2D eigenvalue weighted by Gasteiger charge is -2.18. The number of carbonyl (C=O) groups is 1. The zero-order valence-corrected chi connectivity index (χ0v) is 15.8. The number of aromatic nitrogens is 1. The lowest BCUT2D eigenvalue weighted by molar-refractivity contribution is 0.0600. The molecule has 0 amide bonds. The van der Waals surface area contributed by atoms with E-state index in [0.29, 0.717) is 5.56 Å². The summed E-state index contributed by atoms with van der Waals surface area (Å²) in [7, 11) is 1.44. The summed E-state index contributed by atoms with van der Waals surface area (Å²) >= 11 is 0. The molecule has 134 valence electrons. The first-order chi connectivity index (χ1) is 12.6. The summed E-state index contributed by atoms with van der Waals surface area (Å²) in [6.07, 6.45) is 2.85. The van der Waals surface area contributed by atoms with Crippen molar-refractivity contribution >= 4 is 5.97 Å². The molecule has 0 spiro atoms. The molecule has 0 N–H and O–H groups in total. The van der Waals surface area contributed by atoms with Gasteiger partial charge in [-0.15, -0.1) is 0 Å². The molecule has 0 aliphatic rings. The van der Waals surface area contributed by atoms with E-state index in [1.165, 1.54) is 18.2 Å². The summed E-state index contributed by atoms with van der Waals surface area (Å²) in [5.41, 5.74) is 6.04. The summed E-state index contributed by atoms with van der Waals surface area (Å²) in [5, 5.41) is 0. The van der Waals surface area contributed by atoms with E-state index in [1.807, 2.05) is 18.2 Å². The number of esters is 1. The summed E-state index contributed by atoms with van der Waals surface area (Å²) < 4.78 is 7.32. The zero-order valence-electron chi connectivity index (χ0n) is 15.8. The van der Waals surface area contributed by atoms with E-state index < -0.39 is 0 Å². The first-order valence-corrected chi connectivity index (χ1v) is 9.00. The van der Waals surface area contributed by atoms with Crippen molar-refractivity contribution in [3.63, 3.8) is 0 Å². The van der Waals surface area contributed by atoms with Crippen LogP contribution in [0.15, 0.2) is 60.8 Å². The smallest absolute Gasteiger partial charge is 0.340 e. The maximum absolute atomic E-state index is 12.6. The number of carbonyl (C=O) groups excluding carboxylic acids is 1. The molecule has 0 saturated heterocycles. The van der Waals surface area contributed by atoms with Crippen molar-refractivity contribution in [2.24, 2.45) is 0 Å². The molecule has 0 radical (unpaired) electrons. The normalized spacial score (nSPS) is 12.0. The molecule has 1 atom stereocenters. The van der Waals surface area contributed by atoms with E-state index in [0.717, 1.165) is 23.2 Å². The third-order valence-electron chi connectivity index (χ3n) is 4.92. The molecule has 0 unspecified atom stereocenters. The van der Waals surface area contributed by atoms with Crippen molar-refractivity contribution in [2.45, 2.75) is 33.2 Å². The highest BCUT2D eigenvalue weighted by Crippen LogP contribution is 2.33. The standard InChI is InChI=1S/C23H25NO2/c1-5-21-22(23(25)26-4)20(19-13-11-16(2)12-14-19)15-24(21)17(3)18-9-7-6-8-10-18/h6-15,17H,5H2,1-4H3/t17-/m0/s1. The van der Waals surface area contributed by atoms with Gasteiger partial charge >= 0.3 is 5.97 Å². The fraction of sp³-hybridized carbons (Fsp3) is 0.261. The first-order valence-electron chi connectivity index (χ1n) is 9.00. The van der Waals surface area contributed by atoms with Gasteiger partial charge in [-0.25, -0.2) is 4.79 Å². The average Bonchev–Trinajstić information content (AvgIpc) is 3.07. The molecule has 0 saturated carbocycles. The van der Waals surface area contributed by atoms with Gasteiger partial charge < -0.3 is 9.30 Å². The minimum Gasteiger partial charge on any atom is -0.465 e. The molecule has 3 nitrogen and oxygen atoms in total. The zero-order chi connectivity index (χ0) is 18.7. The topological polar surface area (TPSA) is 31.2 Å². The minimum absolute atomic E-state index is 0.133. The third kappa shape index (κ3) is 3.30. The van der Waals surface area contributed by atoms with Gasteiger partial charge in [0.25, 0.3) is 0 Å². The van der Waals surface area contributed by atoms with E-state index in [-0.39, 0.29) is 12.0 Å². The van der Waals surface area contributed by atoms with Gasteiger partial charge in [-0.3, -0.25) is 0 Å². The Morgan fingerprint density at radius 1 is 1.08 bits per heavy atom. The number of methoxy groups -OCH3 is 1. The van der Waals surface area contributed by atoms with Gasteiger partial charge in [-0.1, -0.05) is 67.1 Å². The molecular weight excluding hydrogens is 322 g/mol. The number of rotatable bonds is 5. The highest BCUT2D eigenvalue weighted by atomic mass is 16.5. The van der Waals surface area contributed by atoms with E-state index in [1.54, 1.807) is 0 Å². The highest BCUT2D eigenvalue weighted by molar-refractivity contribution is 5.99. The molecule has 0 bridgehead atoms. The Kier molecular flexibility index (Phi) is 5.27. The SMILES string of the molecule is CCc1c(C(=O)OC)c(-c2ccc(C)cc2)cn1[C@@H](C)c1ccccc1. The van der Waals surface area contributed by atoms with Crippen LogP contribution in [0.4, 0.5) is 0 Å². The van der Waals surface area contributed by atoms with Crippen LogP contribution in [0.5, 0.6) is 0 Å². The summed E-state index contributed by atoms with van der Waals surface area (Å²) in [6, 6.07) is 18.7. The van der Waals surface area contributed by atoms with Crippen LogP contribution in [0.25, 0.3) is 11.1 Å². The molecule has 0 aliphatic carbocycles. The minimum atomic E-state index is -0.281. The van der Waals surface area contributed by atoms with Crippen LogP contribution in [-0.2, 0) is 11.2 Å². The lowest BCUT2D eigenvalue weighted by Crippen LogP contribution is -2.12. The van der Waals surface area contributed by atoms with Gasteiger partial charge in [-0.2, -0.15) is 0 Å². The molecule has 26 heavy (non-hydrogen) atoms. The Morgan fingerprint density at radius 3 is 2.31 bits per heavy atom. The number of hydrogen-bond donors (Lipinski definition) is 0. The van der Waals surface area contributed by atoms with Gasteiger partial charge in [0.1, 0.15) is 0 Å². The molecule has 3 aromatic rings. The first kappa shape index (κ1) is 18.0. The number of nitrogens with zero attached hydrogens (tertiary/aromatic N) is 1. The van der Waals surface area contributed by atoms with Gasteiger partial charge in [0, 0.05) is 17.5 Å². The van der Waals surface area contributed by atoms with Crippen LogP contribution in [0.2, 0.25) is 0 Å². The second-order valence-electron chi connectivity index (χ2n) is 6.57. The molecule has 1 aromatic heterocycles. The Hall–Kier alpha value is -2.81. The Balaban J connectivity index is 2.19. The number of hydrogen-bond acceptors (Lipinski definition) is 2. The van der Waals surface area contributed by atoms with Crippen LogP contribution in [0, 0.1) is 6.92 Å². The van der Waals surface area contributed by atoms with Crippen LogP contribution in [0.1, 0.15) is 47.1 Å². The summed E-state index contributed by atoms with van der Waals surface area (Å²) in [5.74, 6) is -0.281. The number of aryl methyl sites for hydroxylation is 1. The second-order valence-corrected chi connectivity index (χ2v) is 6.57. The van der Waals surface area contributed by atoms with E-state index in [2.05, 4.69) is 67.9 Å². The fourth-order valence-electron chi connectivity index (χ4n) is 3.44. The summed E-state index contributed by atoms with van der Waals surface area (Å²) in [6.45, 7) is 6.30. The molecule has 3 heteroatoms. The largest absolute Gasteiger partial charge is 0.465 e. The van der Waals surface area contributed by atoms with Crippen molar-refractivity contribution < 1.29 is 9.53 Å². The lowest BCUT2D eigenvalue weighted by atomic mass is 10.0. The predicted molar refractivity (Wildman–Crippen MR) is 106 cm³/mol. The second kappa shape index (κ2) is 7.61. The van der Waals surface area contributed by atoms with Crippen LogP contribution >= 0.6 is 0 Å². The average molecular weight is 347 g/mol. The summed E-state index contributed by atoms with van der Waals surface area (Å²) in [4.78, 5) is 12.6. The van der Waals surface area contributed by atoms with Gasteiger partial charge in [0.15, 0.2) is 0 Å². The van der Waals surface area contributed by atoms with Crippen molar-refractivity contribution in [1.82, 2.24) is 4.57 Å². The molecular formula is C23H25NO2. The van der Waals surface area contributed by atoms with E-state index in [9.17, 15) is 4.79 Å². The third-order valence-corrected chi connectivity index (χ3v) is 4.92. The van der Waals surface area contributed by atoms with Crippen molar-refractivity contribution in [2.75, 3.05) is 7.11 Å². The van der Waals surface area contributed by atoms with Crippen molar-refractivity contribution in [3.8, 4) is 11.1 Å². The quantitative estimate of drug-likeness (QED) is 0.577. The fourth-order valence-corrected chi connectivity index (χ4v) is 3.44. The maximum atomic E-state index is 12.6. The van der Waals surface area contributed by atoms with E-state index >= 15 is 0 Å². The maximum Gasteiger partial charge on any atom is 0.340 e. The molecule has 0 fully saturated rings. The van der Waals surface area contributed by atoms with Crippen LogP contribution < -0.4 is 0 Å². The molecule has 1 heterocycles. The highest BCUT2D eigenvalue weighted by Gasteiger charge is 2.24. The Bertz CT molecular complexity index is 892. The van der Waals surface area contributed by atoms with Gasteiger partial charge in [0.05, 0.1) is 18.7 Å². The Labute approximate surface area is 155 Å². The molecule has 3 rings (SSSR count). The van der Waals surface area contributed by atoms with Crippen molar-refractivity contribution in [1.29, 1.82) is 0 Å². The Morgan fingerprint density at radius 2 is 1.73 bits per heavy atom. The van der Waals surface area contributed by atoms with Crippen LogP contribution in [0.3, 0.4) is 0 Å². The number of ether oxygens (including phenoxy) is 1. The monoisotopic (exact) mass is 347 g/mol. The number of benzene rings is 2. The van der Waals surface area contributed by atoms with Crippen molar-refractivity contribution in [3.05, 3.63) is 83.2 Å². The van der Waals surface area contributed by atoms with E-state index in [4.69, 9.17) is 4.74 Å². The molecule has 2 aromatic carbocycles.